The second-order valence-electron chi connectivity index (χ2n) is 4.64. The van der Waals surface area contributed by atoms with Gasteiger partial charge < -0.3 is 19.2 Å². The second kappa shape index (κ2) is 6.33. The van der Waals surface area contributed by atoms with Crippen LogP contribution in [-0.2, 0) is 22.6 Å². The van der Waals surface area contributed by atoms with E-state index in [9.17, 15) is 0 Å². The molecule has 0 radical (unpaired) electrons. The van der Waals surface area contributed by atoms with Crippen LogP contribution in [0.3, 0.4) is 0 Å². The Morgan fingerprint density at radius 2 is 2.00 bits per heavy atom. The zero-order chi connectivity index (χ0) is 13.0. The molecule has 2 atom stereocenters. The monoisotopic (exact) mass is 254 g/mol. The number of hydrogen-bond acceptors (Lipinski definition) is 5. The third-order valence-electron chi connectivity index (χ3n) is 3.47. The minimum absolute atomic E-state index is 0.162. The minimum atomic E-state index is 0.162. The predicted octanol–water partition coefficient (Wildman–Crippen LogP) is 0.845. The van der Waals surface area contributed by atoms with Crippen molar-refractivity contribution in [2.75, 3.05) is 34.4 Å². The fourth-order valence-electron chi connectivity index (χ4n) is 2.46. The lowest BCUT2D eigenvalue weighted by Crippen LogP contribution is -2.27. The molecule has 5 heteroatoms. The van der Waals surface area contributed by atoms with Crippen molar-refractivity contribution in [1.82, 2.24) is 10.2 Å². The summed E-state index contributed by atoms with van der Waals surface area (Å²) in [4.78, 5) is 2.34. The first-order chi connectivity index (χ1) is 8.78. The maximum absolute atomic E-state index is 5.47. The first-order valence-corrected chi connectivity index (χ1v) is 6.26. The lowest BCUT2D eigenvalue weighted by Gasteiger charge is -2.14. The van der Waals surface area contributed by atoms with Gasteiger partial charge in [-0.1, -0.05) is 0 Å². The van der Waals surface area contributed by atoms with Crippen molar-refractivity contribution >= 4 is 0 Å². The van der Waals surface area contributed by atoms with Crippen LogP contribution in [0, 0.1) is 0 Å². The molecule has 1 saturated heterocycles. The number of furan rings is 1. The van der Waals surface area contributed by atoms with Gasteiger partial charge in [0.25, 0.3) is 0 Å². The Labute approximate surface area is 108 Å². The molecule has 0 spiro atoms. The summed E-state index contributed by atoms with van der Waals surface area (Å²) >= 11 is 0. The Hall–Kier alpha value is -0.880. The highest BCUT2D eigenvalue weighted by Crippen LogP contribution is 2.20. The number of hydrogen-bond donors (Lipinski definition) is 1. The van der Waals surface area contributed by atoms with Crippen molar-refractivity contribution in [1.29, 1.82) is 0 Å². The molecular weight excluding hydrogens is 232 g/mol. The summed E-state index contributed by atoms with van der Waals surface area (Å²) in [6.45, 7) is 3.45. The molecule has 5 nitrogen and oxygen atoms in total. The van der Waals surface area contributed by atoms with Gasteiger partial charge in [-0.2, -0.15) is 0 Å². The van der Waals surface area contributed by atoms with E-state index >= 15 is 0 Å². The first kappa shape index (κ1) is 13.5. The van der Waals surface area contributed by atoms with Crippen molar-refractivity contribution in [3.8, 4) is 0 Å². The summed E-state index contributed by atoms with van der Waals surface area (Å²) in [6.07, 6.45) is 2.07. The molecule has 0 amide bonds. The maximum atomic E-state index is 5.47. The van der Waals surface area contributed by atoms with Crippen molar-refractivity contribution < 1.29 is 13.9 Å². The molecule has 0 aromatic carbocycles. The smallest absolute Gasteiger partial charge is 0.122 e. The van der Waals surface area contributed by atoms with Gasteiger partial charge in [0.05, 0.1) is 25.0 Å². The lowest BCUT2D eigenvalue weighted by atomic mass is 10.2. The summed E-state index contributed by atoms with van der Waals surface area (Å²) in [5.74, 6) is 1.01. The molecule has 18 heavy (non-hydrogen) atoms. The minimum Gasteiger partial charge on any atom is -0.468 e. The van der Waals surface area contributed by atoms with Gasteiger partial charge in [0.1, 0.15) is 5.76 Å². The quantitative estimate of drug-likeness (QED) is 0.815. The van der Waals surface area contributed by atoms with Crippen LogP contribution in [0.1, 0.15) is 11.3 Å². The predicted molar refractivity (Wildman–Crippen MR) is 68.3 cm³/mol. The molecule has 1 aliphatic rings. The molecule has 1 aromatic heterocycles. The van der Waals surface area contributed by atoms with E-state index < -0.39 is 0 Å². The van der Waals surface area contributed by atoms with Crippen LogP contribution >= 0.6 is 0 Å². The topological polar surface area (TPSA) is 46.9 Å². The zero-order valence-electron chi connectivity index (χ0n) is 11.3. The van der Waals surface area contributed by atoms with Crippen LogP contribution in [0.5, 0.6) is 0 Å². The van der Waals surface area contributed by atoms with Gasteiger partial charge >= 0.3 is 0 Å². The van der Waals surface area contributed by atoms with Gasteiger partial charge in [0.2, 0.25) is 0 Å². The highest BCUT2D eigenvalue weighted by molar-refractivity contribution is 5.17. The fourth-order valence-corrected chi connectivity index (χ4v) is 2.46. The van der Waals surface area contributed by atoms with Crippen molar-refractivity contribution in [2.24, 2.45) is 0 Å². The summed E-state index contributed by atoms with van der Waals surface area (Å²) in [5.41, 5.74) is 1.23. The summed E-state index contributed by atoms with van der Waals surface area (Å²) in [7, 11) is 5.40. The second-order valence-corrected chi connectivity index (χ2v) is 4.64. The molecule has 1 aromatic rings. The molecule has 1 aliphatic heterocycles. The van der Waals surface area contributed by atoms with Gasteiger partial charge in [-0.15, -0.1) is 0 Å². The number of rotatable bonds is 6. The average Bonchev–Trinajstić information content (AvgIpc) is 2.97. The number of ether oxygens (including phenoxy) is 2. The average molecular weight is 254 g/mol. The summed E-state index contributed by atoms with van der Waals surface area (Å²) < 4.78 is 16.3. The van der Waals surface area contributed by atoms with E-state index in [4.69, 9.17) is 13.9 Å². The lowest BCUT2D eigenvalue weighted by molar-refractivity contribution is -0.00461. The van der Waals surface area contributed by atoms with E-state index in [1.165, 1.54) is 5.56 Å². The number of nitrogens with zero attached hydrogens (tertiary/aromatic N) is 1. The van der Waals surface area contributed by atoms with E-state index in [0.717, 1.165) is 31.9 Å². The molecular formula is C13H22N2O3. The standard InChI is InChI=1S/C13H22N2O3/c1-14-6-11-10(4-5-18-11)7-15-8-12(16-2)13(9-15)17-3/h4-5,12-14H,6-9H2,1-3H3. The Kier molecular flexibility index (Phi) is 4.77. The Morgan fingerprint density at radius 1 is 1.33 bits per heavy atom. The van der Waals surface area contributed by atoms with Crippen LogP contribution in [0.15, 0.2) is 16.7 Å². The highest BCUT2D eigenvalue weighted by Gasteiger charge is 2.33. The van der Waals surface area contributed by atoms with Crippen LogP contribution in [-0.4, -0.2) is 51.5 Å². The van der Waals surface area contributed by atoms with Crippen molar-refractivity contribution in [3.05, 3.63) is 23.7 Å². The molecule has 1 N–H and O–H groups in total. The summed E-state index contributed by atoms with van der Waals surface area (Å²) in [5, 5.41) is 3.11. The largest absolute Gasteiger partial charge is 0.468 e. The van der Waals surface area contributed by atoms with E-state index in [-0.39, 0.29) is 12.2 Å². The molecule has 102 valence electrons. The molecule has 1 fully saturated rings. The van der Waals surface area contributed by atoms with Gasteiger partial charge in [-0.3, -0.25) is 4.90 Å². The molecule has 2 rings (SSSR count). The third kappa shape index (κ3) is 2.92. The normalized spacial score (nSPS) is 24.8. The molecule has 0 bridgehead atoms. The Balaban J connectivity index is 1.96. The third-order valence-corrected chi connectivity index (χ3v) is 3.47. The van der Waals surface area contributed by atoms with Gasteiger partial charge in [-0.05, 0) is 13.1 Å². The number of methoxy groups -OCH3 is 2. The van der Waals surface area contributed by atoms with Crippen LogP contribution in [0.4, 0.5) is 0 Å². The molecule has 2 heterocycles. The summed E-state index contributed by atoms with van der Waals surface area (Å²) in [6, 6.07) is 2.04. The molecule has 0 saturated carbocycles. The van der Waals surface area contributed by atoms with Crippen molar-refractivity contribution in [2.45, 2.75) is 25.3 Å². The number of nitrogens with one attached hydrogen (secondary N) is 1. The molecule has 2 unspecified atom stereocenters. The van der Waals surface area contributed by atoms with Gasteiger partial charge in [0.15, 0.2) is 0 Å². The van der Waals surface area contributed by atoms with E-state index in [0.29, 0.717) is 0 Å². The van der Waals surface area contributed by atoms with Crippen molar-refractivity contribution in [3.63, 3.8) is 0 Å². The van der Waals surface area contributed by atoms with Gasteiger partial charge in [-0.25, -0.2) is 0 Å². The Morgan fingerprint density at radius 3 is 2.56 bits per heavy atom. The zero-order valence-corrected chi connectivity index (χ0v) is 11.3. The Bertz CT molecular complexity index is 355. The van der Waals surface area contributed by atoms with E-state index in [1.807, 2.05) is 13.1 Å². The highest BCUT2D eigenvalue weighted by atomic mass is 16.5. The van der Waals surface area contributed by atoms with E-state index in [1.54, 1.807) is 20.5 Å². The first-order valence-electron chi connectivity index (χ1n) is 6.26. The van der Waals surface area contributed by atoms with Crippen LogP contribution < -0.4 is 5.32 Å². The SMILES string of the molecule is CNCc1occc1CN1CC(OC)C(OC)C1. The fraction of sp³-hybridized carbons (Fsp3) is 0.692. The number of likely N-dealkylation sites (tertiary alicyclic amines) is 1. The maximum Gasteiger partial charge on any atom is 0.122 e. The van der Waals surface area contributed by atoms with Crippen LogP contribution in [0.2, 0.25) is 0 Å². The molecule has 0 aliphatic carbocycles. The van der Waals surface area contributed by atoms with E-state index in [2.05, 4.69) is 10.2 Å². The van der Waals surface area contributed by atoms with Gasteiger partial charge in [0, 0.05) is 39.4 Å². The van der Waals surface area contributed by atoms with Crippen LogP contribution in [0.25, 0.3) is 0 Å².